The molecule has 0 bridgehead atoms. The fourth-order valence-corrected chi connectivity index (χ4v) is 3.01. The Morgan fingerprint density at radius 3 is 2.76 bits per heavy atom. The molecule has 3 heterocycles. The fraction of sp³-hybridized carbons (Fsp3) is 0.529. The third kappa shape index (κ3) is 3.29. The van der Waals surface area contributed by atoms with Crippen molar-refractivity contribution in [3.63, 3.8) is 0 Å². The number of Topliss-reactive ketones (excluding diaryl/α,β-unsaturated/α-hetero) is 1. The van der Waals surface area contributed by atoms with Gasteiger partial charge in [-0.2, -0.15) is 9.61 Å². The number of ketones is 1. The van der Waals surface area contributed by atoms with Gasteiger partial charge in [-0.3, -0.25) is 9.69 Å². The molecule has 2 aromatic rings. The zero-order valence-electron chi connectivity index (χ0n) is 14.9. The number of ether oxygens (including phenoxy) is 1. The van der Waals surface area contributed by atoms with Crippen molar-refractivity contribution in [1.29, 1.82) is 0 Å². The van der Waals surface area contributed by atoms with Crippen LogP contribution in [0.4, 0.5) is 10.6 Å². The predicted octanol–water partition coefficient (Wildman–Crippen LogP) is 2.20. The summed E-state index contributed by atoms with van der Waals surface area (Å²) in [6, 6.07) is 1.20. The van der Waals surface area contributed by atoms with Crippen LogP contribution in [0.25, 0.3) is 5.65 Å². The van der Waals surface area contributed by atoms with E-state index in [4.69, 9.17) is 10.5 Å². The first-order chi connectivity index (χ1) is 11.7. The number of fused-ring (bicyclic) bond motifs is 1. The standard InChI is InChI=1S/C17H23N5O3/c1-10-8-13-19-9-11(15(18)22(13)20-10)14(23)12-6-5-7-21(12)16(24)25-17(2,3)4/h8-9,12H,5-7,18H2,1-4H3. The monoisotopic (exact) mass is 345 g/mol. The van der Waals surface area contributed by atoms with Gasteiger partial charge in [-0.05, 0) is 40.5 Å². The van der Waals surface area contributed by atoms with Crippen LogP contribution in [-0.4, -0.2) is 49.6 Å². The zero-order chi connectivity index (χ0) is 18.4. The lowest BCUT2D eigenvalue weighted by atomic mass is 10.0. The first-order valence-corrected chi connectivity index (χ1v) is 8.32. The highest BCUT2D eigenvalue weighted by Crippen LogP contribution is 2.26. The van der Waals surface area contributed by atoms with Gasteiger partial charge in [0.2, 0.25) is 0 Å². The molecule has 3 rings (SSSR count). The number of hydrogen-bond acceptors (Lipinski definition) is 6. The first-order valence-electron chi connectivity index (χ1n) is 8.32. The maximum absolute atomic E-state index is 13.0. The number of carbonyl (C=O) groups excluding carboxylic acids is 2. The topological polar surface area (TPSA) is 103 Å². The molecule has 1 fully saturated rings. The van der Waals surface area contributed by atoms with Gasteiger partial charge < -0.3 is 10.5 Å². The molecule has 2 N–H and O–H groups in total. The number of anilines is 1. The van der Waals surface area contributed by atoms with Crippen molar-refractivity contribution in [3.8, 4) is 0 Å². The van der Waals surface area contributed by atoms with E-state index in [1.165, 1.54) is 15.6 Å². The van der Waals surface area contributed by atoms with Crippen LogP contribution < -0.4 is 5.73 Å². The number of rotatable bonds is 2. The molecular formula is C17H23N5O3. The van der Waals surface area contributed by atoms with Crippen molar-refractivity contribution in [2.24, 2.45) is 0 Å². The lowest BCUT2D eigenvalue weighted by Crippen LogP contribution is -2.43. The lowest BCUT2D eigenvalue weighted by Gasteiger charge is -2.28. The molecule has 8 heteroatoms. The maximum atomic E-state index is 13.0. The highest BCUT2D eigenvalue weighted by molar-refractivity contribution is 6.05. The average Bonchev–Trinajstić information content (AvgIpc) is 3.11. The summed E-state index contributed by atoms with van der Waals surface area (Å²) < 4.78 is 6.87. The molecular weight excluding hydrogens is 322 g/mol. The molecule has 1 atom stereocenters. The second-order valence-electron chi connectivity index (χ2n) is 7.31. The van der Waals surface area contributed by atoms with Gasteiger partial charge in [-0.25, -0.2) is 9.78 Å². The van der Waals surface area contributed by atoms with E-state index in [-0.39, 0.29) is 17.2 Å². The summed E-state index contributed by atoms with van der Waals surface area (Å²) in [7, 11) is 0. The van der Waals surface area contributed by atoms with E-state index in [2.05, 4.69) is 10.1 Å². The summed E-state index contributed by atoms with van der Waals surface area (Å²) in [5.74, 6) is 0.00236. The van der Waals surface area contributed by atoms with Gasteiger partial charge in [0, 0.05) is 18.8 Å². The maximum Gasteiger partial charge on any atom is 0.410 e. The molecule has 1 unspecified atom stereocenters. The molecule has 0 aliphatic carbocycles. The van der Waals surface area contributed by atoms with E-state index in [0.717, 1.165) is 12.1 Å². The minimum atomic E-state index is -0.612. The quantitative estimate of drug-likeness (QED) is 0.837. The van der Waals surface area contributed by atoms with Crippen LogP contribution in [0.3, 0.4) is 0 Å². The van der Waals surface area contributed by atoms with Gasteiger partial charge in [0.05, 0.1) is 17.3 Å². The molecule has 134 valence electrons. The number of hydrogen-bond donors (Lipinski definition) is 1. The van der Waals surface area contributed by atoms with Crippen LogP contribution in [0.5, 0.6) is 0 Å². The highest BCUT2D eigenvalue weighted by Gasteiger charge is 2.38. The average molecular weight is 345 g/mol. The molecule has 0 saturated carbocycles. The number of nitrogens with zero attached hydrogens (tertiary/aromatic N) is 4. The van der Waals surface area contributed by atoms with Crippen LogP contribution in [-0.2, 0) is 4.74 Å². The molecule has 1 aliphatic rings. The van der Waals surface area contributed by atoms with Crippen molar-refractivity contribution in [3.05, 3.63) is 23.5 Å². The second kappa shape index (κ2) is 6.02. The summed E-state index contributed by atoms with van der Waals surface area (Å²) >= 11 is 0. The van der Waals surface area contributed by atoms with Crippen LogP contribution in [0.1, 0.15) is 49.7 Å². The fourth-order valence-electron chi connectivity index (χ4n) is 3.01. The van der Waals surface area contributed by atoms with Gasteiger partial charge in [0.25, 0.3) is 0 Å². The predicted molar refractivity (Wildman–Crippen MR) is 92.4 cm³/mol. The number of nitrogen functional groups attached to an aromatic ring is 1. The molecule has 0 spiro atoms. The van der Waals surface area contributed by atoms with E-state index in [1.54, 1.807) is 26.8 Å². The van der Waals surface area contributed by atoms with Crippen molar-refractivity contribution in [1.82, 2.24) is 19.5 Å². The Balaban J connectivity index is 1.89. The Labute approximate surface area is 146 Å². The zero-order valence-corrected chi connectivity index (χ0v) is 14.9. The molecule has 1 aliphatic heterocycles. The van der Waals surface area contributed by atoms with Crippen LogP contribution in [0.2, 0.25) is 0 Å². The Kier molecular flexibility index (Phi) is 4.14. The van der Waals surface area contributed by atoms with Gasteiger partial charge in [-0.15, -0.1) is 0 Å². The lowest BCUT2D eigenvalue weighted by molar-refractivity contribution is 0.0222. The number of likely N-dealkylation sites (tertiary alicyclic amines) is 1. The molecule has 2 aromatic heterocycles. The summed E-state index contributed by atoms with van der Waals surface area (Å²) in [4.78, 5) is 31.1. The van der Waals surface area contributed by atoms with Crippen molar-refractivity contribution < 1.29 is 14.3 Å². The molecule has 25 heavy (non-hydrogen) atoms. The van der Waals surface area contributed by atoms with Gasteiger partial charge in [0.15, 0.2) is 11.4 Å². The summed E-state index contributed by atoms with van der Waals surface area (Å²) in [6.45, 7) is 7.72. The molecule has 0 aromatic carbocycles. The summed E-state index contributed by atoms with van der Waals surface area (Å²) in [5.41, 5.74) is 7.14. The number of amides is 1. The van der Waals surface area contributed by atoms with Gasteiger partial charge in [0.1, 0.15) is 11.4 Å². The molecule has 1 amide bonds. The SMILES string of the molecule is Cc1cc2ncc(C(=O)C3CCCN3C(=O)OC(C)(C)C)c(N)n2n1. The first kappa shape index (κ1) is 17.2. The number of aryl methyl sites for hydroxylation is 1. The smallest absolute Gasteiger partial charge is 0.410 e. The highest BCUT2D eigenvalue weighted by atomic mass is 16.6. The third-order valence-electron chi connectivity index (χ3n) is 4.09. The van der Waals surface area contributed by atoms with Gasteiger partial charge >= 0.3 is 6.09 Å². The summed E-state index contributed by atoms with van der Waals surface area (Å²) in [6.07, 6.45) is 2.30. The minimum absolute atomic E-state index is 0.233. The van der Waals surface area contributed by atoms with E-state index >= 15 is 0 Å². The van der Waals surface area contributed by atoms with Crippen LogP contribution in [0.15, 0.2) is 12.3 Å². The van der Waals surface area contributed by atoms with E-state index < -0.39 is 17.7 Å². The number of carbonyl (C=O) groups is 2. The minimum Gasteiger partial charge on any atom is -0.444 e. The van der Waals surface area contributed by atoms with Gasteiger partial charge in [-0.1, -0.05) is 0 Å². The normalized spacial score (nSPS) is 17.9. The number of aromatic nitrogens is 3. The van der Waals surface area contributed by atoms with Crippen molar-refractivity contribution >= 4 is 23.3 Å². The van der Waals surface area contributed by atoms with E-state index in [1.807, 2.05) is 6.92 Å². The Bertz CT molecular complexity index is 837. The molecule has 8 nitrogen and oxygen atoms in total. The Morgan fingerprint density at radius 2 is 2.08 bits per heavy atom. The van der Waals surface area contributed by atoms with Crippen molar-refractivity contribution in [2.45, 2.75) is 52.2 Å². The largest absolute Gasteiger partial charge is 0.444 e. The van der Waals surface area contributed by atoms with Crippen LogP contribution in [0, 0.1) is 6.92 Å². The Hall–Kier alpha value is -2.64. The van der Waals surface area contributed by atoms with E-state index in [0.29, 0.717) is 18.6 Å². The summed E-state index contributed by atoms with van der Waals surface area (Å²) in [5, 5.41) is 4.26. The third-order valence-corrected chi connectivity index (χ3v) is 4.09. The van der Waals surface area contributed by atoms with Crippen molar-refractivity contribution in [2.75, 3.05) is 12.3 Å². The Morgan fingerprint density at radius 1 is 1.36 bits per heavy atom. The molecule has 1 saturated heterocycles. The van der Waals surface area contributed by atoms with E-state index in [9.17, 15) is 9.59 Å². The van der Waals surface area contributed by atoms with Crippen LogP contribution >= 0.6 is 0 Å². The second-order valence-corrected chi connectivity index (χ2v) is 7.31. The number of nitrogens with two attached hydrogens (primary N) is 1. The molecule has 0 radical (unpaired) electrons.